The monoisotopic (exact) mass is 381 g/mol. The van der Waals surface area contributed by atoms with E-state index in [1.165, 1.54) is 20.0 Å². The van der Waals surface area contributed by atoms with E-state index < -0.39 is 17.6 Å². The molecule has 2 aromatic rings. The minimum Gasteiger partial charge on any atom is -0.479 e. The number of aliphatic carboxylic acids is 1. The SMILES string of the molecule is CN(C(=O)OCc1ccccc1)C(C)(C(=O)O)c1ccc(Br)o1. The Hall–Kier alpha value is -2.28. The minimum absolute atomic E-state index is 0.0571. The number of furan rings is 1. The van der Waals surface area contributed by atoms with E-state index in [0.717, 1.165) is 10.5 Å². The van der Waals surface area contributed by atoms with Crippen molar-refractivity contribution in [3.05, 3.63) is 58.5 Å². The van der Waals surface area contributed by atoms with Crippen LogP contribution < -0.4 is 0 Å². The van der Waals surface area contributed by atoms with Gasteiger partial charge in [0.1, 0.15) is 12.4 Å². The molecular weight excluding hydrogens is 366 g/mol. The summed E-state index contributed by atoms with van der Waals surface area (Å²) in [6.45, 7) is 1.44. The highest BCUT2D eigenvalue weighted by molar-refractivity contribution is 9.10. The predicted octanol–water partition coefficient (Wildman–Crippen LogP) is 3.61. The summed E-state index contributed by atoms with van der Waals surface area (Å²) >= 11 is 3.13. The average Bonchev–Trinajstić information content (AvgIpc) is 2.98. The van der Waals surface area contributed by atoms with Crippen LogP contribution in [-0.4, -0.2) is 29.1 Å². The van der Waals surface area contributed by atoms with Gasteiger partial charge >= 0.3 is 12.1 Å². The zero-order chi connectivity index (χ0) is 17.0. The number of benzene rings is 1. The Morgan fingerprint density at radius 2 is 1.91 bits per heavy atom. The molecule has 1 aromatic heterocycles. The fraction of sp³-hybridized carbons (Fsp3) is 0.250. The summed E-state index contributed by atoms with van der Waals surface area (Å²) in [7, 11) is 1.36. The molecule has 1 amide bonds. The molecular formula is C16H16BrNO5. The minimum atomic E-state index is -1.68. The van der Waals surface area contributed by atoms with Crippen molar-refractivity contribution in [2.75, 3.05) is 7.05 Å². The highest BCUT2D eigenvalue weighted by Gasteiger charge is 2.45. The summed E-state index contributed by atoms with van der Waals surface area (Å²) in [6.07, 6.45) is -0.758. The number of carbonyl (C=O) groups excluding carboxylic acids is 1. The maximum atomic E-state index is 12.2. The number of nitrogens with zero attached hydrogens (tertiary/aromatic N) is 1. The molecule has 6 nitrogen and oxygen atoms in total. The predicted molar refractivity (Wildman–Crippen MR) is 85.8 cm³/mol. The number of likely N-dealkylation sites (N-methyl/N-ethyl adjacent to an activating group) is 1. The van der Waals surface area contributed by atoms with E-state index in [4.69, 9.17) is 9.15 Å². The highest BCUT2D eigenvalue weighted by atomic mass is 79.9. The topological polar surface area (TPSA) is 80.0 Å². The molecule has 1 unspecified atom stereocenters. The van der Waals surface area contributed by atoms with Crippen LogP contribution in [0, 0.1) is 0 Å². The number of hydrogen-bond donors (Lipinski definition) is 1. The molecule has 1 aromatic carbocycles. The van der Waals surface area contributed by atoms with E-state index in [1.54, 1.807) is 6.07 Å². The van der Waals surface area contributed by atoms with E-state index in [-0.39, 0.29) is 12.4 Å². The molecule has 23 heavy (non-hydrogen) atoms. The first-order valence-electron chi connectivity index (χ1n) is 6.79. The molecule has 0 fully saturated rings. The molecule has 0 saturated carbocycles. The molecule has 0 radical (unpaired) electrons. The molecule has 1 N–H and O–H groups in total. The van der Waals surface area contributed by atoms with Crippen LogP contribution in [0.5, 0.6) is 0 Å². The number of amides is 1. The lowest BCUT2D eigenvalue weighted by Gasteiger charge is -2.32. The zero-order valence-corrected chi connectivity index (χ0v) is 14.2. The third-order valence-corrected chi connectivity index (χ3v) is 4.05. The number of rotatable bonds is 5. The summed E-state index contributed by atoms with van der Waals surface area (Å²) in [5.41, 5.74) is -0.869. The number of ether oxygens (including phenoxy) is 1. The van der Waals surface area contributed by atoms with Crippen LogP contribution in [-0.2, 0) is 21.7 Å². The van der Waals surface area contributed by atoms with Crippen LogP contribution in [0.4, 0.5) is 4.79 Å². The lowest BCUT2D eigenvalue weighted by atomic mass is 9.97. The van der Waals surface area contributed by atoms with E-state index in [1.807, 2.05) is 30.3 Å². The van der Waals surface area contributed by atoms with Crippen LogP contribution in [0.25, 0.3) is 0 Å². The van der Waals surface area contributed by atoms with Crippen molar-refractivity contribution >= 4 is 28.0 Å². The molecule has 1 heterocycles. The number of carboxylic acids is 1. The first-order chi connectivity index (χ1) is 10.9. The van der Waals surface area contributed by atoms with Gasteiger partial charge in [-0.15, -0.1) is 0 Å². The molecule has 122 valence electrons. The Kier molecular flexibility index (Phi) is 5.10. The second-order valence-corrected chi connectivity index (χ2v) is 5.86. The largest absolute Gasteiger partial charge is 0.479 e. The van der Waals surface area contributed by atoms with Gasteiger partial charge in [0.15, 0.2) is 10.2 Å². The van der Waals surface area contributed by atoms with Crippen molar-refractivity contribution in [1.82, 2.24) is 4.90 Å². The average molecular weight is 382 g/mol. The van der Waals surface area contributed by atoms with Gasteiger partial charge < -0.3 is 14.3 Å². The van der Waals surface area contributed by atoms with Crippen molar-refractivity contribution in [3.8, 4) is 0 Å². The van der Waals surface area contributed by atoms with E-state index in [2.05, 4.69) is 15.9 Å². The molecule has 2 rings (SSSR count). The van der Waals surface area contributed by atoms with Gasteiger partial charge in [-0.2, -0.15) is 0 Å². The Morgan fingerprint density at radius 1 is 1.26 bits per heavy atom. The second-order valence-electron chi connectivity index (χ2n) is 5.08. The van der Waals surface area contributed by atoms with Crippen LogP contribution in [0.1, 0.15) is 18.2 Å². The van der Waals surface area contributed by atoms with Crippen molar-refractivity contribution in [2.45, 2.75) is 19.1 Å². The summed E-state index contributed by atoms with van der Waals surface area (Å²) < 4.78 is 10.9. The summed E-state index contributed by atoms with van der Waals surface area (Å²) in [5.74, 6) is -1.10. The van der Waals surface area contributed by atoms with E-state index in [0.29, 0.717) is 4.67 Å². The van der Waals surface area contributed by atoms with Gasteiger partial charge in [0.2, 0.25) is 0 Å². The fourth-order valence-corrected chi connectivity index (χ4v) is 2.30. The molecule has 0 aliphatic carbocycles. The van der Waals surface area contributed by atoms with E-state index in [9.17, 15) is 14.7 Å². The number of carbonyl (C=O) groups is 2. The Bertz CT molecular complexity index is 700. The first-order valence-corrected chi connectivity index (χ1v) is 7.58. The summed E-state index contributed by atoms with van der Waals surface area (Å²) in [6, 6.07) is 12.2. The van der Waals surface area contributed by atoms with Gasteiger partial charge in [-0.3, -0.25) is 4.90 Å². The van der Waals surface area contributed by atoms with E-state index >= 15 is 0 Å². The van der Waals surface area contributed by atoms with Crippen LogP contribution in [0.2, 0.25) is 0 Å². The molecule has 0 bridgehead atoms. The van der Waals surface area contributed by atoms with Crippen molar-refractivity contribution in [3.63, 3.8) is 0 Å². The van der Waals surface area contributed by atoms with Crippen molar-refractivity contribution in [2.24, 2.45) is 0 Å². The van der Waals surface area contributed by atoms with Gasteiger partial charge in [0.25, 0.3) is 0 Å². The third-order valence-electron chi connectivity index (χ3n) is 3.62. The van der Waals surface area contributed by atoms with Crippen molar-refractivity contribution < 1.29 is 23.8 Å². The Labute approximate surface area is 141 Å². The fourth-order valence-electron chi connectivity index (χ4n) is 1.99. The van der Waals surface area contributed by atoms with Gasteiger partial charge in [0, 0.05) is 7.05 Å². The summed E-state index contributed by atoms with van der Waals surface area (Å²) in [5, 5.41) is 9.58. The number of carboxylic acid groups (broad SMARTS) is 1. The quantitative estimate of drug-likeness (QED) is 0.855. The molecule has 7 heteroatoms. The van der Waals surface area contributed by atoms with Gasteiger partial charge in [-0.1, -0.05) is 30.3 Å². The van der Waals surface area contributed by atoms with Crippen LogP contribution in [0.3, 0.4) is 0 Å². The van der Waals surface area contributed by atoms with Gasteiger partial charge in [0.05, 0.1) is 0 Å². The normalized spacial score (nSPS) is 13.2. The summed E-state index contributed by atoms with van der Waals surface area (Å²) in [4.78, 5) is 25.0. The smallest absolute Gasteiger partial charge is 0.411 e. The molecule has 0 spiro atoms. The third kappa shape index (κ3) is 3.56. The van der Waals surface area contributed by atoms with Crippen LogP contribution in [0.15, 0.2) is 51.6 Å². The van der Waals surface area contributed by atoms with Gasteiger partial charge in [-0.05, 0) is 40.5 Å². The molecule has 1 atom stereocenters. The number of halogens is 1. The Balaban J connectivity index is 2.16. The highest BCUT2D eigenvalue weighted by Crippen LogP contribution is 2.31. The van der Waals surface area contributed by atoms with Crippen LogP contribution >= 0.6 is 15.9 Å². The molecule has 0 saturated heterocycles. The first kappa shape index (κ1) is 17.1. The Morgan fingerprint density at radius 3 is 2.43 bits per heavy atom. The zero-order valence-electron chi connectivity index (χ0n) is 12.7. The van der Waals surface area contributed by atoms with Gasteiger partial charge in [-0.25, -0.2) is 9.59 Å². The standard InChI is InChI=1S/C16H16BrNO5/c1-16(14(19)20,12-8-9-13(17)23-12)18(2)15(21)22-10-11-6-4-3-5-7-11/h3-9H,10H2,1-2H3,(H,19,20). The lowest BCUT2D eigenvalue weighted by Crippen LogP contribution is -2.50. The maximum absolute atomic E-state index is 12.2. The lowest BCUT2D eigenvalue weighted by molar-refractivity contribution is -0.150. The number of hydrogen-bond acceptors (Lipinski definition) is 4. The second kappa shape index (κ2) is 6.87. The maximum Gasteiger partial charge on any atom is 0.411 e. The molecule has 0 aliphatic heterocycles. The molecule has 0 aliphatic rings. The van der Waals surface area contributed by atoms with Crippen molar-refractivity contribution in [1.29, 1.82) is 0 Å².